The molecule has 1 aliphatic heterocycles. The van der Waals surface area contributed by atoms with Gasteiger partial charge >= 0.3 is 0 Å². The van der Waals surface area contributed by atoms with E-state index in [9.17, 15) is 18.8 Å². The Kier molecular flexibility index (Phi) is 7.10. The number of fused-ring (bicyclic) bond motifs is 1. The maximum absolute atomic E-state index is 14.5. The van der Waals surface area contributed by atoms with Gasteiger partial charge in [-0.1, -0.05) is 48.0 Å². The van der Waals surface area contributed by atoms with Gasteiger partial charge in [-0.25, -0.2) is 4.39 Å². The number of thioether (sulfide) groups is 1. The molecule has 0 bridgehead atoms. The van der Waals surface area contributed by atoms with Crippen LogP contribution in [0.3, 0.4) is 0 Å². The Balaban J connectivity index is 1.40. The van der Waals surface area contributed by atoms with Gasteiger partial charge in [0, 0.05) is 38.9 Å². The number of aromatic nitrogens is 1. The molecule has 5 rings (SSSR count). The molecule has 3 amide bonds. The van der Waals surface area contributed by atoms with E-state index >= 15 is 0 Å². The summed E-state index contributed by atoms with van der Waals surface area (Å²) in [6.07, 6.45) is 3.43. The molecule has 0 unspecified atom stereocenters. The number of nitrogens with one attached hydrogen (secondary N) is 1. The molecule has 1 aliphatic rings. The van der Waals surface area contributed by atoms with Crippen molar-refractivity contribution in [2.75, 3.05) is 11.9 Å². The molecule has 1 saturated heterocycles. The number of anilines is 1. The molecule has 2 heterocycles. The average Bonchev–Trinajstić information content (AvgIpc) is 3.35. The molecule has 1 fully saturated rings. The molecule has 1 N–H and O–H groups in total. The van der Waals surface area contributed by atoms with Crippen LogP contribution in [0.5, 0.6) is 0 Å². The zero-order valence-electron chi connectivity index (χ0n) is 20.6. The predicted octanol–water partition coefficient (Wildman–Crippen LogP) is 6.77. The average molecular weight is 548 g/mol. The van der Waals surface area contributed by atoms with Crippen molar-refractivity contribution in [3.05, 3.63) is 105 Å². The van der Waals surface area contributed by atoms with E-state index in [1.165, 1.54) is 6.07 Å². The van der Waals surface area contributed by atoms with E-state index in [1.807, 2.05) is 60.9 Å². The van der Waals surface area contributed by atoms with Crippen LogP contribution in [0.15, 0.2) is 71.8 Å². The highest BCUT2D eigenvalue weighted by Crippen LogP contribution is 2.34. The quantitative estimate of drug-likeness (QED) is 0.270. The van der Waals surface area contributed by atoms with Crippen LogP contribution in [0.25, 0.3) is 17.0 Å². The van der Waals surface area contributed by atoms with E-state index in [0.29, 0.717) is 21.8 Å². The Morgan fingerprint density at radius 1 is 1.08 bits per heavy atom. The summed E-state index contributed by atoms with van der Waals surface area (Å²) in [5.74, 6) is -1.40. The number of amides is 3. The van der Waals surface area contributed by atoms with Gasteiger partial charge < -0.3 is 9.88 Å². The third-order valence-corrected chi connectivity index (χ3v) is 7.60. The number of aryl methyl sites for hydroxylation is 2. The molecule has 0 atom stereocenters. The van der Waals surface area contributed by atoms with Gasteiger partial charge in [-0.2, -0.15) is 0 Å². The highest BCUT2D eigenvalue weighted by atomic mass is 35.5. The summed E-state index contributed by atoms with van der Waals surface area (Å²) in [4.78, 5) is 39.6. The van der Waals surface area contributed by atoms with Crippen molar-refractivity contribution >= 4 is 63.1 Å². The first kappa shape index (κ1) is 25.8. The number of para-hydroxylation sites is 1. The Morgan fingerprint density at radius 3 is 2.66 bits per heavy atom. The molecule has 6 nitrogen and oxygen atoms in total. The lowest BCUT2D eigenvalue weighted by Crippen LogP contribution is -2.36. The molecule has 192 valence electrons. The Morgan fingerprint density at radius 2 is 1.87 bits per heavy atom. The van der Waals surface area contributed by atoms with Crippen LogP contribution in [-0.2, 0) is 16.1 Å². The molecule has 3 aromatic carbocycles. The molecule has 9 heteroatoms. The minimum atomic E-state index is -0.537. The van der Waals surface area contributed by atoms with Crippen molar-refractivity contribution in [1.82, 2.24) is 9.47 Å². The third-order valence-electron chi connectivity index (χ3n) is 6.34. The first-order valence-corrected chi connectivity index (χ1v) is 13.0. The Bertz CT molecular complexity index is 1630. The normalized spacial score (nSPS) is 14.6. The van der Waals surface area contributed by atoms with E-state index in [-0.39, 0.29) is 18.0 Å². The fraction of sp³-hybridized carbons (Fsp3) is 0.138. The first-order valence-electron chi connectivity index (χ1n) is 11.8. The van der Waals surface area contributed by atoms with Gasteiger partial charge in [-0.05, 0) is 67.1 Å². The highest BCUT2D eigenvalue weighted by molar-refractivity contribution is 8.18. The van der Waals surface area contributed by atoms with Gasteiger partial charge in [0.15, 0.2) is 0 Å². The van der Waals surface area contributed by atoms with Crippen LogP contribution < -0.4 is 5.32 Å². The van der Waals surface area contributed by atoms with E-state index < -0.39 is 22.9 Å². The number of nitrogens with zero attached hydrogens (tertiary/aromatic N) is 2. The molecule has 0 saturated carbocycles. The Labute approximate surface area is 228 Å². The van der Waals surface area contributed by atoms with Crippen molar-refractivity contribution in [2.45, 2.75) is 20.4 Å². The molecular weight excluding hydrogens is 525 g/mol. The second-order valence-corrected chi connectivity index (χ2v) is 10.5. The van der Waals surface area contributed by atoms with Gasteiger partial charge in [0.1, 0.15) is 12.4 Å². The summed E-state index contributed by atoms with van der Waals surface area (Å²) < 4.78 is 16.3. The number of rotatable bonds is 6. The van der Waals surface area contributed by atoms with E-state index in [1.54, 1.807) is 24.4 Å². The second-order valence-electron chi connectivity index (χ2n) is 9.06. The van der Waals surface area contributed by atoms with E-state index in [2.05, 4.69) is 5.32 Å². The number of carbonyl (C=O) groups excluding carboxylic acids is 3. The van der Waals surface area contributed by atoms with Crippen LogP contribution in [0.1, 0.15) is 22.3 Å². The van der Waals surface area contributed by atoms with Crippen LogP contribution in [-0.4, -0.2) is 33.1 Å². The van der Waals surface area contributed by atoms with Gasteiger partial charge in [0.2, 0.25) is 5.91 Å². The van der Waals surface area contributed by atoms with Gasteiger partial charge in [0.25, 0.3) is 11.1 Å². The second kappa shape index (κ2) is 10.5. The highest BCUT2D eigenvalue weighted by Gasteiger charge is 2.36. The molecule has 38 heavy (non-hydrogen) atoms. The smallest absolute Gasteiger partial charge is 0.294 e. The maximum Gasteiger partial charge on any atom is 0.294 e. The van der Waals surface area contributed by atoms with E-state index in [4.69, 9.17) is 11.6 Å². The summed E-state index contributed by atoms with van der Waals surface area (Å²) in [5.41, 5.74) is 4.38. The SMILES string of the molecule is Cc1ccc(C)c(NC(=O)CN2C(=O)S/C(=C/c3cn(Cc4c(F)cccc4Cl)c4ccccc34)C2=O)c1. The van der Waals surface area contributed by atoms with Crippen molar-refractivity contribution in [2.24, 2.45) is 0 Å². The lowest BCUT2D eigenvalue weighted by Gasteiger charge is -2.14. The van der Waals surface area contributed by atoms with E-state index in [0.717, 1.165) is 38.7 Å². The summed E-state index contributed by atoms with van der Waals surface area (Å²) in [6, 6.07) is 17.7. The molecule has 0 aliphatic carbocycles. The van der Waals surface area contributed by atoms with Gasteiger partial charge in [0.05, 0.1) is 11.4 Å². The zero-order valence-corrected chi connectivity index (χ0v) is 22.2. The van der Waals surface area contributed by atoms with Crippen molar-refractivity contribution < 1.29 is 18.8 Å². The summed E-state index contributed by atoms with van der Waals surface area (Å²) in [5, 5.41) is 3.43. The fourth-order valence-corrected chi connectivity index (χ4v) is 5.41. The zero-order chi connectivity index (χ0) is 27.0. The monoisotopic (exact) mass is 547 g/mol. The lowest BCUT2D eigenvalue weighted by molar-refractivity contribution is -0.127. The molecular formula is C29H23ClFN3O3S. The number of imide groups is 1. The Hall–Kier alpha value is -3.88. The van der Waals surface area contributed by atoms with Crippen molar-refractivity contribution in [3.8, 4) is 0 Å². The number of benzene rings is 3. The van der Waals surface area contributed by atoms with Gasteiger partial charge in [-0.15, -0.1) is 0 Å². The number of hydrogen-bond acceptors (Lipinski definition) is 4. The van der Waals surface area contributed by atoms with Gasteiger partial charge in [-0.3, -0.25) is 19.3 Å². The standard InChI is InChI=1S/C29H23ClFN3O3S/c1-17-10-11-18(2)24(12-17)32-27(35)16-34-28(36)26(38-29(34)37)13-19-14-33(25-9-4-3-6-20(19)25)15-21-22(30)7-5-8-23(21)31/h3-14H,15-16H2,1-2H3,(H,32,35)/b26-13+. The minimum Gasteiger partial charge on any atom is -0.342 e. The largest absolute Gasteiger partial charge is 0.342 e. The van der Waals surface area contributed by atoms with Crippen LogP contribution in [0.4, 0.5) is 14.9 Å². The fourth-order valence-electron chi connectivity index (χ4n) is 4.36. The lowest BCUT2D eigenvalue weighted by atomic mass is 10.1. The predicted molar refractivity (Wildman–Crippen MR) is 150 cm³/mol. The minimum absolute atomic E-state index is 0.194. The molecule has 0 spiro atoms. The van der Waals surface area contributed by atoms with Crippen LogP contribution >= 0.6 is 23.4 Å². The van der Waals surface area contributed by atoms with Crippen molar-refractivity contribution in [3.63, 3.8) is 0 Å². The number of halogens is 2. The third kappa shape index (κ3) is 5.10. The molecule has 4 aromatic rings. The molecule has 0 radical (unpaired) electrons. The number of carbonyl (C=O) groups is 3. The summed E-state index contributed by atoms with van der Waals surface area (Å²) >= 11 is 7.03. The van der Waals surface area contributed by atoms with Crippen LogP contribution in [0, 0.1) is 19.7 Å². The van der Waals surface area contributed by atoms with Crippen LogP contribution in [0.2, 0.25) is 5.02 Å². The first-order chi connectivity index (χ1) is 18.2. The summed E-state index contributed by atoms with van der Waals surface area (Å²) in [7, 11) is 0. The number of hydrogen-bond donors (Lipinski definition) is 1. The maximum atomic E-state index is 14.5. The summed E-state index contributed by atoms with van der Waals surface area (Å²) in [6.45, 7) is 3.59. The topological polar surface area (TPSA) is 71.4 Å². The van der Waals surface area contributed by atoms with Crippen molar-refractivity contribution in [1.29, 1.82) is 0 Å². The molecule has 1 aromatic heterocycles.